The zero-order valence-corrected chi connectivity index (χ0v) is 20.5. The summed E-state index contributed by atoms with van der Waals surface area (Å²) in [6.45, 7) is 6.38. The maximum atomic E-state index is 13.1. The fourth-order valence-corrected chi connectivity index (χ4v) is 4.01. The molecular weight excluding hydrogens is 470 g/mol. The number of likely N-dealkylation sites (tertiary alicyclic amines) is 1. The average molecular weight is 504 g/mol. The first kappa shape index (κ1) is 29.0. The summed E-state index contributed by atoms with van der Waals surface area (Å²) in [5.41, 5.74) is 4.34. The van der Waals surface area contributed by atoms with Gasteiger partial charge in [-0.15, -0.1) is 11.8 Å². The van der Waals surface area contributed by atoms with Crippen LogP contribution in [0.1, 0.15) is 47.0 Å². The van der Waals surface area contributed by atoms with Crippen LogP contribution in [0.5, 0.6) is 0 Å². The smallest absolute Gasteiger partial charge is 0.408 e. The van der Waals surface area contributed by atoms with Crippen molar-refractivity contribution in [2.75, 3.05) is 18.2 Å². The monoisotopic (exact) mass is 503 g/mol. The van der Waals surface area contributed by atoms with Gasteiger partial charge in [0.05, 0.1) is 12.3 Å². The Bertz CT molecular complexity index is 800. The maximum absolute atomic E-state index is 13.1. The number of amides is 5. The topological polar surface area (TPSA) is 197 Å². The Balaban J connectivity index is 3.01. The molecule has 0 spiro atoms. The molecule has 0 bridgehead atoms. The number of rotatable bonds is 11. The van der Waals surface area contributed by atoms with Crippen LogP contribution in [0.15, 0.2) is 0 Å². The highest BCUT2D eigenvalue weighted by atomic mass is 32.2. The summed E-state index contributed by atoms with van der Waals surface area (Å²) in [4.78, 5) is 73.4. The molecule has 1 aliphatic heterocycles. The molecule has 34 heavy (non-hydrogen) atoms. The SMILES string of the molecule is CC(=O)NCSC[C@H](NC(=O)[C@H](CC(N)=O)NC(=O)OC(C)(C)C)C(=O)N1CCC[C@H]1C(=O)O. The van der Waals surface area contributed by atoms with E-state index in [0.29, 0.717) is 6.42 Å². The van der Waals surface area contributed by atoms with Crippen LogP contribution in [-0.4, -0.2) is 87.6 Å². The Kier molecular flexibility index (Phi) is 11.1. The molecular formula is C20H33N5O8S. The number of hydrogen-bond acceptors (Lipinski definition) is 8. The summed E-state index contributed by atoms with van der Waals surface area (Å²) in [5.74, 6) is -3.64. The Labute approximate surface area is 201 Å². The molecule has 0 aromatic carbocycles. The second-order valence-corrected chi connectivity index (χ2v) is 9.74. The summed E-state index contributed by atoms with van der Waals surface area (Å²) < 4.78 is 5.11. The maximum Gasteiger partial charge on any atom is 0.408 e. The summed E-state index contributed by atoms with van der Waals surface area (Å²) in [6, 6.07) is -3.62. The lowest BCUT2D eigenvalue weighted by Crippen LogP contribution is -2.57. The van der Waals surface area contributed by atoms with Crippen LogP contribution in [-0.2, 0) is 28.7 Å². The number of ether oxygens (including phenoxy) is 1. The molecule has 3 atom stereocenters. The highest BCUT2D eigenvalue weighted by Crippen LogP contribution is 2.19. The van der Waals surface area contributed by atoms with Crippen LogP contribution in [0, 0.1) is 0 Å². The van der Waals surface area contributed by atoms with Crippen LogP contribution in [0.2, 0.25) is 0 Å². The lowest BCUT2D eigenvalue weighted by Gasteiger charge is -2.28. The standard InChI is InChI=1S/C20H33N5O8S/c1-11(26)22-10-34-9-13(17(29)25-7-5-6-14(25)18(30)31)23-16(28)12(8-15(21)27)24-19(32)33-20(2,3)4/h12-14H,5-10H2,1-4H3,(H2,21,27)(H,22,26)(H,23,28)(H,24,32)(H,30,31)/t12-,13-,14-/m0/s1. The largest absolute Gasteiger partial charge is 0.480 e. The highest BCUT2D eigenvalue weighted by Gasteiger charge is 2.38. The molecule has 0 unspecified atom stereocenters. The molecule has 0 saturated carbocycles. The van der Waals surface area contributed by atoms with Crippen molar-refractivity contribution in [3.8, 4) is 0 Å². The molecule has 0 aromatic rings. The van der Waals surface area contributed by atoms with E-state index in [2.05, 4.69) is 16.0 Å². The van der Waals surface area contributed by atoms with E-state index in [9.17, 15) is 33.9 Å². The number of alkyl carbamates (subject to hydrolysis) is 1. The van der Waals surface area contributed by atoms with Gasteiger partial charge >= 0.3 is 12.1 Å². The molecule has 0 radical (unpaired) electrons. The molecule has 1 heterocycles. The fourth-order valence-electron chi connectivity index (χ4n) is 3.12. The second-order valence-electron chi connectivity index (χ2n) is 8.71. The quantitative estimate of drug-likeness (QED) is 0.176. The average Bonchev–Trinajstić information content (AvgIpc) is 3.17. The van der Waals surface area contributed by atoms with Gasteiger partial charge in [-0.1, -0.05) is 0 Å². The van der Waals surface area contributed by atoms with Gasteiger partial charge in [0, 0.05) is 19.2 Å². The van der Waals surface area contributed by atoms with Crippen molar-refractivity contribution in [1.29, 1.82) is 0 Å². The Morgan fingerprint density at radius 1 is 1.15 bits per heavy atom. The van der Waals surface area contributed by atoms with Gasteiger partial charge in [0.1, 0.15) is 23.7 Å². The highest BCUT2D eigenvalue weighted by molar-refractivity contribution is 7.99. The summed E-state index contributed by atoms with van der Waals surface area (Å²) in [5, 5.41) is 16.7. The van der Waals surface area contributed by atoms with Gasteiger partial charge in [-0.3, -0.25) is 19.2 Å². The Morgan fingerprint density at radius 3 is 2.32 bits per heavy atom. The summed E-state index contributed by atoms with van der Waals surface area (Å²) >= 11 is 1.13. The molecule has 5 amide bonds. The predicted molar refractivity (Wildman–Crippen MR) is 122 cm³/mol. The number of hydrogen-bond donors (Lipinski definition) is 5. The third-order valence-corrected chi connectivity index (χ3v) is 5.47. The molecule has 14 heteroatoms. The first-order valence-electron chi connectivity index (χ1n) is 10.6. The van der Waals surface area contributed by atoms with E-state index in [1.807, 2.05) is 0 Å². The molecule has 192 valence electrons. The zero-order valence-electron chi connectivity index (χ0n) is 19.7. The number of carbonyl (C=O) groups is 6. The van der Waals surface area contributed by atoms with Gasteiger partial charge in [0.25, 0.3) is 0 Å². The summed E-state index contributed by atoms with van der Waals surface area (Å²) in [6.07, 6.45) is -0.729. The van der Waals surface area contributed by atoms with Crippen molar-refractivity contribution >= 4 is 47.5 Å². The minimum Gasteiger partial charge on any atom is -0.480 e. The lowest BCUT2D eigenvalue weighted by atomic mass is 10.1. The van der Waals surface area contributed by atoms with Gasteiger partial charge in [-0.2, -0.15) is 0 Å². The van der Waals surface area contributed by atoms with Crippen LogP contribution < -0.4 is 21.7 Å². The van der Waals surface area contributed by atoms with Crippen molar-refractivity contribution in [2.24, 2.45) is 5.73 Å². The minimum absolute atomic E-state index is 0.00339. The number of carboxylic acids is 1. The molecule has 1 aliphatic rings. The molecule has 0 aliphatic carbocycles. The van der Waals surface area contributed by atoms with E-state index < -0.39 is 59.9 Å². The molecule has 1 saturated heterocycles. The number of primary amides is 1. The third kappa shape index (κ3) is 10.3. The number of thioether (sulfide) groups is 1. The van der Waals surface area contributed by atoms with E-state index in [1.54, 1.807) is 20.8 Å². The normalized spacial score (nSPS) is 17.3. The van der Waals surface area contributed by atoms with E-state index in [0.717, 1.165) is 11.8 Å². The fraction of sp³-hybridized carbons (Fsp3) is 0.700. The first-order chi connectivity index (χ1) is 15.7. The van der Waals surface area contributed by atoms with Crippen molar-refractivity contribution in [3.05, 3.63) is 0 Å². The van der Waals surface area contributed by atoms with Crippen molar-refractivity contribution in [3.63, 3.8) is 0 Å². The number of carbonyl (C=O) groups excluding carboxylic acids is 5. The van der Waals surface area contributed by atoms with Crippen molar-refractivity contribution in [2.45, 2.75) is 70.7 Å². The number of aliphatic carboxylic acids is 1. The van der Waals surface area contributed by atoms with E-state index in [4.69, 9.17) is 10.5 Å². The van der Waals surface area contributed by atoms with Crippen LogP contribution in [0.25, 0.3) is 0 Å². The Morgan fingerprint density at radius 2 is 1.79 bits per heavy atom. The van der Waals surface area contributed by atoms with Crippen LogP contribution in [0.3, 0.4) is 0 Å². The third-order valence-electron chi connectivity index (χ3n) is 4.56. The van der Waals surface area contributed by atoms with Crippen molar-refractivity contribution < 1.29 is 38.6 Å². The number of nitrogens with one attached hydrogen (secondary N) is 3. The molecule has 0 aromatic heterocycles. The van der Waals surface area contributed by atoms with Gasteiger partial charge in [0.15, 0.2) is 0 Å². The molecule has 6 N–H and O–H groups in total. The van der Waals surface area contributed by atoms with Crippen LogP contribution >= 0.6 is 11.8 Å². The van der Waals surface area contributed by atoms with Crippen LogP contribution in [0.4, 0.5) is 4.79 Å². The zero-order chi connectivity index (χ0) is 26.1. The number of carboxylic acid groups (broad SMARTS) is 1. The van der Waals surface area contributed by atoms with E-state index in [1.165, 1.54) is 11.8 Å². The Hall–Kier alpha value is -3.03. The molecule has 1 fully saturated rings. The summed E-state index contributed by atoms with van der Waals surface area (Å²) in [7, 11) is 0. The molecule has 1 rings (SSSR count). The van der Waals surface area contributed by atoms with Crippen molar-refractivity contribution in [1.82, 2.24) is 20.9 Å². The number of nitrogens with zero attached hydrogens (tertiary/aromatic N) is 1. The predicted octanol–water partition coefficient (Wildman–Crippen LogP) is -0.858. The van der Waals surface area contributed by atoms with Gasteiger partial charge in [-0.25, -0.2) is 9.59 Å². The minimum atomic E-state index is -1.42. The van der Waals surface area contributed by atoms with Gasteiger partial charge in [0.2, 0.25) is 23.6 Å². The second kappa shape index (κ2) is 13.0. The van der Waals surface area contributed by atoms with E-state index in [-0.39, 0.29) is 30.5 Å². The van der Waals surface area contributed by atoms with Gasteiger partial charge < -0.3 is 36.4 Å². The van der Waals surface area contributed by atoms with E-state index >= 15 is 0 Å². The first-order valence-corrected chi connectivity index (χ1v) is 11.8. The molecule has 13 nitrogen and oxygen atoms in total. The number of nitrogens with two attached hydrogens (primary N) is 1. The lowest BCUT2D eigenvalue weighted by molar-refractivity contribution is -0.149. The van der Waals surface area contributed by atoms with Gasteiger partial charge in [-0.05, 0) is 33.6 Å².